The van der Waals surface area contributed by atoms with Gasteiger partial charge in [0.15, 0.2) is 0 Å². The van der Waals surface area contributed by atoms with E-state index >= 15 is 0 Å². The first-order valence-corrected chi connectivity index (χ1v) is 15.6. The zero-order chi connectivity index (χ0) is 36.3. The summed E-state index contributed by atoms with van der Waals surface area (Å²) in [7, 11) is 0. The van der Waals surface area contributed by atoms with E-state index < -0.39 is 108 Å². The highest BCUT2D eigenvalue weighted by Crippen LogP contribution is 2.20. The molecule has 18 heteroatoms. The zero-order valence-electron chi connectivity index (χ0n) is 28.0. The highest BCUT2D eigenvalue weighted by molar-refractivity contribution is 5.97. The van der Waals surface area contributed by atoms with Gasteiger partial charge in [-0.05, 0) is 45.4 Å². The number of amides is 7. The minimum Gasteiger partial charge on any atom is -0.394 e. The maximum Gasteiger partial charge on any atom is 0.248 e. The molecule has 268 valence electrons. The fourth-order valence-corrected chi connectivity index (χ4v) is 4.70. The Morgan fingerprint density at radius 1 is 0.723 bits per heavy atom. The lowest BCUT2D eigenvalue weighted by Crippen LogP contribution is -2.62. The van der Waals surface area contributed by atoms with Crippen molar-refractivity contribution in [3.05, 3.63) is 0 Å². The van der Waals surface area contributed by atoms with E-state index in [-0.39, 0.29) is 18.9 Å². The van der Waals surface area contributed by atoms with Gasteiger partial charge in [0, 0.05) is 6.54 Å². The van der Waals surface area contributed by atoms with Crippen LogP contribution >= 0.6 is 0 Å². The third-order valence-electron chi connectivity index (χ3n) is 7.82. The Labute approximate surface area is 274 Å². The fraction of sp³-hybridized carbons (Fsp3) is 0.759. The van der Waals surface area contributed by atoms with Crippen LogP contribution in [0.5, 0.6) is 0 Å². The van der Waals surface area contributed by atoms with Gasteiger partial charge in [-0.25, -0.2) is 0 Å². The average Bonchev–Trinajstić information content (AvgIpc) is 3.48. The number of primary amides is 1. The van der Waals surface area contributed by atoms with Crippen molar-refractivity contribution in [2.24, 2.45) is 23.3 Å². The van der Waals surface area contributed by atoms with Crippen LogP contribution in [0, 0.1) is 11.8 Å². The Bertz CT molecular complexity index is 1150. The molecule has 1 heterocycles. The lowest BCUT2D eigenvalue weighted by atomic mass is 10.0. The SMILES string of the molecule is CC(C)[C@H](N)C(=O)N[C@H](C(=O)N1CCC[C@H]1C(=O)N[C@H](C(=O)N[C@@H](CO)C(=O)N[C@H](C(=O)N[C@@H](C)C(N)=O)[C@@H](C)O)C(C)C)[C@@H](C)O. The second kappa shape index (κ2) is 18.5. The number of rotatable bonds is 17. The van der Waals surface area contributed by atoms with E-state index in [2.05, 4.69) is 26.6 Å². The number of nitrogens with one attached hydrogen (secondary N) is 5. The lowest BCUT2D eigenvalue weighted by molar-refractivity contribution is -0.144. The molecule has 1 rings (SSSR count). The lowest BCUT2D eigenvalue weighted by Gasteiger charge is -2.32. The quantitative estimate of drug-likeness (QED) is 0.0700. The molecule has 0 saturated carbocycles. The molecule has 1 fully saturated rings. The molecule has 0 radical (unpaired) electrons. The third-order valence-corrected chi connectivity index (χ3v) is 7.82. The van der Waals surface area contributed by atoms with Crippen LogP contribution in [0.15, 0.2) is 0 Å². The normalized spacial score (nSPS) is 19.8. The summed E-state index contributed by atoms with van der Waals surface area (Å²) >= 11 is 0. The van der Waals surface area contributed by atoms with Crippen molar-refractivity contribution in [1.82, 2.24) is 31.5 Å². The molecule has 0 unspecified atom stereocenters. The van der Waals surface area contributed by atoms with E-state index in [0.29, 0.717) is 6.42 Å². The molecular weight excluding hydrogens is 620 g/mol. The van der Waals surface area contributed by atoms with E-state index in [4.69, 9.17) is 11.5 Å². The highest BCUT2D eigenvalue weighted by Gasteiger charge is 2.41. The smallest absolute Gasteiger partial charge is 0.248 e. The number of nitrogens with two attached hydrogens (primary N) is 2. The van der Waals surface area contributed by atoms with Gasteiger partial charge in [-0.2, -0.15) is 0 Å². The summed E-state index contributed by atoms with van der Waals surface area (Å²) in [6, 6.07) is -8.89. The van der Waals surface area contributed by atoms with Gasteiger partial charge in [0.1, 0.15) is 36.3 Å². The molecule has 0 bridgehead atoms. The van der Waals surface area contributed by atoms with Crippen LogP contribution in [0.3, 0.4) is 0 Å². The van der Waals surface area contributed by atoms with Crippen molar-refractivity contribution < 1.29 is 48.9 Å². The predicted octanol–water partition coefficient (Wildman–Crippen LogP) is -4.70. The summed E-state index contributed by atoms with van der Waals surface area (Å²) in [6.07, 6.45) is -2.09. The van der Waals surface area contributed by atoms with Crippen molar-refractivity contribution in [1.29, 1.82) is 0 Å². The van der Waals surface area contributed by atoms with Crippen molar-refractivity contribution in [3.8, 4) is 0 Å². The topological polar surface area (TPSA) is 296 Å². The Balaban J connectivity index is 3.05. The second-order valence-electron chi connectivity index (χ2n) is 12.5. The van der Waals surface area contributed by atoms with E-state index in [0.717, 1.165) is 0 Å². The molecule has 0 spiro atoms. The molecule has 1 saturated heterocycles. The van der Waals surface area contributed by atoms with Crippen LogP contribution in [0.1, 0.15) is 61.3 Å². The maximum absolute atomic E-state index is 13.4. The van der Waals surface area contributed by atoms with E-state index in [1.807, 2.05) is 0 Å². The first-order chi connectivity index (χ1) is 21.7. The molecular formula is C29H52N8O10. The molecule has 1 aliphatic rings. The van der Waals surface area contributed by atoms with Crippen LogP contribution < -0.4 is 38.1 Å². The molecule has 7 amide bonds. The van der Waals surface area contributed by atoms with Crippen molar-refractivity contribution >= 4 is 41.4 Å². The Morgan fingerprint density at radius 3 is 1.72 bits per heavy atom. The monoisotopic (exact) mass is 672 g/mol. The summed E-state index contributed by atoms with van der Waals surface area (Å²) < 4.78 is 0. The van der Waals surface area contributed by atoms with E-state index in [1.54, 1.807) is 27.7 Å². The number of hydrogen-bond donors (Lipinski definition) is 10. The number of carbonyl (C=O) groups is 7. The second-order valence-corrected chi connectivity index (χ2v) is 12.5. The number of carbonyl (C=O) groups excluding carboxylic acids is 7. The summed E-state index contributed by atoms with van der Waals surface area (Å²) in [5, 5.41) is 42.0. The molecule has 0 aromatic carbocycles. The van der Waals surface area contributed by atoms with E-state index in [1.165, 1.54) is 25.7 Å². The average molecular weight is 673 g/mol. The van der Waals surface area contributed by atoms with Gasteiger partial charge >= 0.3 is 0 Å². The first-order valence-electron chi connectivity index (χ1n) is 15.6. The van der Waals surface area contributed by atoms with Gasteiger partial charge in [-0.1, -0.05) is 27.7 Å². The van der Waals surface area contributed by atoms with Crippen LogP contribution in [0.2, 0.25) is 0 Å². The Morgan fingerprint density at radius 2 is 1.26 bits per heavy atom. The van der Waals surface area contributed by atoms with Crippen LogP contribution in [0.4, 0.5) is 0 Å². The molecule has 18 nitrogen and oxygen atoms in total. The standard InChI is InChI=1S/C29H52N8O10/c1-12(2)19(30)26(44)36-22(16(7)40)29(47)37-10-8-9-18(37)25(43)34-20(13(3)4)27(45)33-17(11-38)24(42)35-21(15(6)39)28(46)32-14(5)23(31)41/h12-22,38-40H,8-11,30H2,1-7H3,(H2,31,41)(H,32,46)(H,33,45)(H,34,43)(H,35,42)(H,36,44)/t14-,15+,16+,17-,18-,19-,20-,21-,22-/m0/s1. The van der Waals surface area contributed by atoms with Crippen molar-refractivity contribution in [2.75, 3.05) is 13.2 Å². The summed E-state index contributed by atoms with van der Waals surface area (Å²) in [5.74, 6) is -6.52. The molecule has 47 heavy (non-hydrogen) atoms. The number of hydrogen-bond acceptors (Lipinski definition) is 11. The Hall–Kier alpha value is -3.87. The zero-order valence-corrected chi connectivity index (χ0v) is 28.0. The molecule has 1 aliphatic heterocycles. The van der Waals surface area contributed by atoms with Crippen molar-refractivity contribution in [2.45, 2.75) is 116 Å². The van der Waals surface area contributed by atoms with Gasteiger partial charge in [0.05, 0.1) is 24.9 Å². The maximum atomic E-state index is 13.4. The molecule has 12 N–H and O–H groups in total. The highest BCUT2D eigenvalue weighted by atomic mass is 16.3. The Kier molecular flexibility index (Phi) is 16.2. The minimum atomic E-state index is -1.61. The van der Waals surface area contributed by atoms with Crippen LogP contribution in [-0.2, 0) is 33.6 Å². The molecule has 0 aromatic heterocycles. The summed E-state index contributed by atoms with van der Waals surface area (Å²) in [4.78, 5) is 90.6. The van der Waals surface area contributed by atoms with Crippen molar-refractivity contribution in [3.63, 3.8) is 0 Å². The van der Waals surface area contributed by atoms with Crippen LogP contribution in [-0.4, -0.2) is 129 Å². The molecule has 9 atom stereocenters. The predicted molar refractivity (Wildman–Crippen MR) is 167 cm³/mol. The summed E-state index contributed by atoms with van der Waals surface area (Å²) in [5.41, 5.74) is 11.0. The molecule has 0 aliphatic carbocycles. The van der Waals surface area contributed by atoms with Crippen LogP contribution in [0.25, 0.3) is 0 Å². The van der Waals surface area contributed by atoms with E-state index in [9.17, 15) is 48.9 Å². The fourth-order valence-electron chi connectivity index (χ4n) is 4.70. The molecule has 0 aromatic rings. The number of aliphatic hydroxyl groups excluding tert-OH is 3. The first kappa shape index (κ1) is 41.2. The van der Waals surface area contributed by atoms with Gasteiger partial charge < -0.3 is 58.3 Å². The number of nitrogens with zero attached hydrogens (tertiary/aromatic N) is 1. The van der Waals surface area contributed by atoms with Gasteiger partial charge in [0.2, 0.25) is 41.4 Å². The summed E-state index contributed by atoms with van der Waals surface area (Å²) in [6.45, 7) is 9.72. The number of likely N-dealkylation sites (tertiary alicyclic amines) is 1. The third kappa shape index (κ3) is 11.7. The van der Waals surface area contributed by atoms with Gasteiger partial charge in [-0.3, -0.25) is 33.6 Å². The van der Waals surface area contributed by atoms with Gasteiger partial charge in [-0.15, -0.1) is 0 Å². The number of aliphatic hydroxyl groups is 3. The minimum absolute atomic E-state index is 0.147. The largest absolute Gasteiger partial charge is 0.394 e. The van der Waals surface area contributed by atoms with Gasteiger partial charge in [0.25, 0.3) is 0 Å².